The molecule has 0 aromatic carbocycles. The van der Waals surface area contributed by atoms with E-state index in [0.29, 0.717) is 13.2 Å². The summed E-state index contributed by atoms with van der Waals surface area (Å²) in [5, 5.41) is 18.4. The highest BCUT2D eigenvalue weighted by Gasteiger charge is 2.07. The molecule has 274 valence electrons. The minimum atomic E-state index is 0. The molecule has 4 heteroatoms. The Kier molecular flexibility index (Phi) is 42.4. The van der Waals surface area contributed by atoms with E-state index >= 15 is 0 Å². The summed E-state index contributed by atoms with van der Waals surface area (Å²) in [4.78, 5) is 2.58. The van der Waals surface area contributed by atoms with E-state index in [-0.39, 0.29) is 12.4 Å². The Morgan fingerprint density at radius 3 is 0.844 bits per heavy atom. The van der Waals surface area contributed by atoms with Crippen molar-refractivity contribution in [3.8, 4) is 0 Å². The molecule has 0 radical (unpaired) electrons. The van der Waals surface area contributed by atoms with Crippen LogP contribution in [0.15, 0.2) is 0 Å². The van der Waals surface area contributed by atoms with Crippen LogP contribution in [0.1, 0.15) is 219 Å². The SMILES string of the molecule is CCCC(CCO)CCCCCCCCCCCCCCN(C)CCCCCCCCCCCCCCC(CCC)CCO.Cl. The zero-order chi connectivity index (χ0) is 32.2. The van der Waals surface area contributed by atoms with Gasteiger partial charge in [-0.1, -0.05) is 194 Å². The Morgan fingerprint density at radius 2 is 0.600 bits per heavy atom. The summed E-state index contributed by atoms with van der Waals surface area (Å²) < 4.78 is 0. The number of aliphatic hydroxyl groups is 2. The molecular formula is C41H86ClNO2. The van der Waals surface area contributed by atoms with Gasteiger partial charge in [-0.25, -0.2) is 0 Å². The van der Waals surface area contributed by atoms with Gasteiger partial charge in [0.1, 0.15) is 0 Å². The van der Waals surface area contributed by atoms with E-state index in [9.17, 15) is 10.2 Å². The summed E-state index contributed by atoms with van der Waals surface area (Å²) in [7, 11) is 2.33. The van der Waals surface area contributed by atoms with Crippen molar-refractivity contribution < 1.29 is 10.2 Å². The average molecular weight is 661 g/mol. The lowest BCUT2D eigenvalue weighted by atomic mass is 9.93. The summed E-state index contributed by atoms with van der Waals surface area (Å²) in [5.41, 5.74) is 0. The number of halogens is 1. The number of unbranched alkanes of at least 4 members (excludes halogenated alkanes) is 22. The molecule has 0 aromatic heterocycles. The van der Waals surface area contributed by atoms with E-state index in [4.69, 9.17) is 0 Å². The number of aliphatic hydroxyl groups excluding tert-OH is 2. The first kappa shape index (κ1) is 47.3. The smallest absolute Gasteiger partial charge is 0.0433 e. The molecule has 0 aromatic rings. The van der Waals surface area contributed by atoms with Crippen molar-refractivity contribution in [2.75, 3.05) is 33.4 Å². The van der Waals surface area contributed by atoms with Crippen LogP contribution in [0, 0.1) is 11.8 Å². The molecule has 0 aliphatic rings. The molecular weight excluding hydrogens is 574 g/mol. The van der Waals surface area contributed by atoms with Crippen molar-refractivity contribution in [1.82, 2.24) is 4.90 Å². The van der Waals surface area contributed by atoms with Gasteiger partial charge in [-0.05, 0) is 57.7 Å². The van der Waals surface area contributed by atoms with Gasteiger partial charge in [0.25, 0.3) is 0 Å². The van der Waals surface area contributed by atoms with Crippen LogP contribution in [-0.2, 0) is 0 Å². The van der Waals surface area contributed by atoms with Crippen LogP contribution in [-0.4, -0.2) is 48.5 Å². The molecule has 0 bridgehead atoms. The Labute approximate surface area is 291 Å². The van der Waals surface area contributed by atoms with Crippen LogP contribution in [0.5, 0.6) is 0 Å². The van der Waals surface area contributed by atoms with Gasteiger partial charge in [0.2, 0.25) is 0 Å². The highest BCUT2D eigenvalue weighted by molar-refractivity contribution is 5.85. The van der Waals surface area contributed by atoms with E-state index in [1.165, 1.54) is 206 Å². The topological polar surface area (TPSA) is 43.7 Å². The van der Waals surface area contributed by atoms with Crippen molar-refractivity contribution in [3.63, 3.8) is 0 Å². The second-order valence-corrected chi connectivity index (χ2v) is 14.7. The van der Waals surface area contributed by atoms with Crippen molar-refractivity contribution in [2.45, 2.75) is 219 Å². The summed E-state index contributed by atoms with van der Waals surface area (Å²) >= 11 is 0. The molecule has 2 unspecified atom stereocenters. The van der Waals surface area contributed by atoms with Crippen LogP contribution < -0.4 is 0 Å². The van der Waals surface area contributed by atoms with Gasteiger partial charge in [0.05, 0.1) is 0 Å². The van der Waals surface area contributed by atoms with E-state index in [2.05, 4.69) is 25.8 Å². The maximum absolute atomic E-state index is 9.19. The molecule has 0 saturated carbocycles. The first-order valence-electron chi connectivity index (χ1n) is 20.6. The van der Waals surface area contributed by atoms with Gasteiger partial charge < -0.3 is 15.1 Å². The maximum Gasteiger partial charge on any atom is 0.0433 e. The Morgan fingerprint density at radius 1 is 0.356 bits per heavy atom. The molecule has 45 heavy (non-hydrogen) atoms. The van der Waals surface area contributed by atoms with Gasteiger partial charge in [0, 0.05) is 13.2 Å². The predicted octanol–water partition coefficient (Wildman–Crippen LogP) is 13.1. The first-order valence-corrected chi connectivity index (χ1v) is 20.6. The number of rotatable bonds is 38. The van der Waals surface area contributed by atoms with E-state index in [1.54, 1.807) is 0 Å². The van der Waals surface area contributed by atoms with Gasteiger partial charge in [-0.15, -0.1) is 12.4 Å². The molecule has 0 spiro atoms. The van der Waals surface area contributed by atoms with Crippen molar-refractivity contribution in [3.05, 3.63) is 0 Å². The molecule has 0 fully saturated rings. The monoisotopic (exact) mass is 660 g/mol. The fourth-order valence-electron chi connectivity index (χ4n) is 7.32. The summed E-state index contributed by atoms with van der Waals surface area (Å²) in [6.45, 7) is 7.87. The molecule has 0 heterocycles. The lowest BCUT2D eigenvalue weighted by Gasteiger charge is -2.16. The molecule has 0 aliphatic heterocycles. The second-order valence-electron chi connectivity index (χ2n) is 14.7. The van der Waals surface area contributed by atoms with Crippen LogP contribution >= 0.6 is 12.4 Å². The zero-order valence-corrected chi connectivity index (χ0v) is 32.2. The Balaban J connectivity index is 0. The zero-order valence-electron chi connectivity index (χ0n) is 31.4. The summed E-state index contributed by atoms with van der Waals surface area (Å²) in [6, 6.07) is 0. The minimum Gasteiger partial charge on any atom is -0.396 e. The Hall–Kier alpha value is 0.170. The van der Waals surface area contributed by atoms with Crippen LogP contribution in [0.2, 0.25) is 0 Å². The highest BCUT2D eigenvalue weighted by Crippen LogP contribution is 2.21. The quantitative estimate of drug-likeness (QED) is 0.0648. The highest BCUT2D eigenvalue weighted by atomic mass is 35.5. The van der Waals surface area contributed by atoms with Crippen molar-refractivity contribution >= 4 is 12.4 Å². The van der Waals surface area contributed by atoms with E-state index in [1.807, 2.05) is 0 Å². The summed E-state index contributed by atoms with van der Waals surface area (Å²) in [5.74, 6) is 1.54. The lowest BCUT2D eigenvalue weighted by molar-refractivity contribution is 0.243. The number of hydrogen-bond donors (Lipinski definition) is 2. The minimum absolute atomic E-state index is 0. The molecule has 0 amide bonds. The van der Waals surface area contributed by atoms with Crippen molar-refractivity contribution in [1.29, 1.82) is 0 Å². The maximum atomic E-state index is 9.19. The van der Waals surface area contributed by atoms with Gasteiger partial charge in [0.15, 0.2) is 0 Å². The Bertz CT molecular complexity index is 464. The normalized spacial score (nSPS) is 12.9. The third-order valence-electron chi connectivity index (χ3n) is 10.3. The van der Waals surface area contributed by atoms with E-state index < -0.39 is 0 Å². The number of nitrogens with zero attached hydrogens (tertiary/aromatic N) is 1. The molecule has 2 atom stereocenters. The summed E-state index contributed by atoms with van der Waals surface area (Å²) in [6.07, 6.45) is 44.0. The fourth-order valence-corrected chi connectivity index (χ4v) is 7.32. The molecule has 0 rings (SSSR count). The van der Waals surface area contributed by atoms with Crippen LogP contribution in [0.25, 0.3) is 0 Å². The predicted molar refractivity (Wildman–Crippen MR) is 205 cm³/mol. The molecule has 2 N–H and O–H groups in total. The standard InChI is InChI=1S/C41H85NO2.ClH/c1-4-30-40(34-38-43)32-26-22-18-14-10-6-8-12-16-20-24-28-36-42(3)37-29-25-21-17-13-9-7-11-15-19-23-27-33-41(31-5-2)35-39-44;/h40-41,43-44H,4-39H2,1-3H3;1H. The largest absolute Gasteiger partial charge is 0.396 e. The van der Waals surface area contributed by atoms with Crippen molar-refractivity contribution in [2.24, 2.45) is 11.8 Å². The molecule has 3 nitrogen and oxygen atoms in total. The number of hydrogen-bond acceptors (Lipinski definition) is 3. The fraction of sp³-hybridized carbons (Fsp3) is 1.00. The first-order chi connectivity index (χ1) is 21.7. The third-order valence-corrected chi connectivity index (χ3v) is 10.3. The third kappa shape index (κ3) is 36.8. The van der Waals surface area contributed by atoms with Crippen LogP contribution in [0.3, 0.4) is 0 Å². The van der Waals surface area contributed by atoms with E-state index in [0.717, 1.165) is 24.7 Å². The molecule has 0 saturated heterocycles. The average Bonchev–Trinajstić information content (AvgIpc) is 3.01. The van der Waals surface area contributed by atoms with Gasteiger partial charge in [-0.2, -0.15) is 0 Å². The van der Waals surface area contributed by atoms with Gasteiger partial charge >= 0.3 is 0 Å². The lowest BCUT2D eigenvalue weighted by Crippen LogP contribution is -2.20. The molecule has 0 aliphatic carbocycles. The van der Waals surface area contributed by atoms with Crippen LogP contribution in [0.4, 0.5) is 0 Å². The second kappa shape index (κ2) is 40.3. The van der Waals surface area contributed by atoms with Gasteiger partial charge in [-0.3, -0.25) is 0 Å².